The Morgan fingerprint density at radius 2 is 1.95 bits per heavy atom. The van der Waals surface area contributed by atoms with Crippen LogP contribution in [-0.4, -0.2) is 54.6 Å². The Balaban J connectivity index is 2.16. The van der Waals surface area contributed by atoms with Gasteiger partial charge in [0.2, 0.25) is 0 Å². The van der Waals surface area contributed by atoms with Gasteiger partial charge in [0.25, 0.3) is 0 Å². The van der Waals surface area contributed by atoms with Crippen molar-refractivity contribution < 1.29 is 0 Å². The van der Waals surface area contributed by atoms with Gasteiger partial charge in [-0.25, -0.2) is 0 Å². The van der Waals surface area contributed by atoms with Crippen molar-refractivity contribution in [2.75, 3.05) is 33.2 Å². The summed E-state index contributed by atoms with van der Waals surface area (Å²) in [4.78, 5) is 5.07. The number of likely N-dealkylation sites (N-methyl/N-ethyl adjacent to an activating group) is 1. The van der Waals surface area contributed by atoms with Crippen molar-refractivity contribution in [2.24, 2.45) is 5.73 Å². The summed E-state index contributed by atoms with van der Waals surface area (Å²) >= 11 is 0. The van der Waals surface area contributed by atoms with E-state index in [4.69, 9.17) is 5.73 Å². The molecule has 1 saturated heterocycles. The standard InChI is InChI=1S/C17H29N3/c1-4-17(14-18,12-16-8-6-5-7-9-16)20-11-10-19(3)15(2)13-20/h5-9,15H,4,10-14,18H2,1-3H3. The van der Waals surface area contributed by atoms with Crippen LogP contribution in [0.4, 0.5) is 0 Å². The topological polar surface area (TPSA) is 32.5 Å². The SMILES string of the molecule is CCC(CN)(Cc1ccccc1)N1CCN(C)C(C)C1. The molecule has 0 amide bonds. The van der Waals surface area contributed by atoms with Crippen LogP contribution in [0.5, 0.6) is 0 Å². The van der Waals surface area contributed by atoms with Gasteiger partial charge in [-0.15, -0.1) is 0 Å². The molecule has 0 bridgehead atoms. The molecular formula is C17H29N3. The zero-order chi connectivity index (χ0) is 14.6. The number of benzene rings is 1. The van der Waals surface area contributed by atoms with Crippen molar-refractivity contribution in [3.63, 3.8) is 0 Å². The Morgan fingerprint density at radius 1 is 1.25 bits per heavy atom. The van der Waals surface area contributed by atoms with Crippen LogP contribution in [-0.2, 0) is 6.42 Å². The van der Waals surface area contributed by atoms with Crippen molar-refractivity contribution in [3.8, 4) is 0 Å². The lowest BCUT2D eigenvalue weighted by molar-refractivity contribution is 0.0156. The first-order valence-corrected chi connectivity index (χ1v) is 7.80. The van der Waals surface area contributed by atoms with Crippen LogP contribution in [0.25, 0.3) is 0 Å². The largest absolute Gasteiger partial charge is 0.329 e. The summed E-state index contributed by atoms with van der Waals surface area (Å²) in [5.41, 5.74) is 7.72. The Bertz CT molecular complexity index is 400. The molecule has 1 aliphatic heterocycles. The van der Waals surface area contributed by atoms with Crippen LogP contribution in [0.1, 0.15) is 25.8 Å². The fourth-order valence-electron chi connectivity index (χ4n) is 3.26. The molecule has 3 nitrogen and oxygen atoms in total. The fraction of sp³-hybridized carbons (Fsp3) is 0.647. The van der Waals surface area contributed by atoms with E-state index in [1.54, 1.807) is 0 Å². The molecule has 1 aromatic carbocycles. The molecule has 0 radical (unpaired) electrons. The maximum Gasteiger partial charge on any atom is 0.0370 e. The Hall–Kier alpha value is -0.900. The summed E-state index contributed by atoms with van der Waals surface area (Å²) in [6.45, 7) is 8.70. The first-order chi connectivity index (χ1) is 9.61. The molecule has 2 unspecified atom stereocenters. The van der Waals surface area contributed by atoms with E-state index in [1.165, 1.54) is 5.56 Å². The van der Waals surface area contributed by atoms with E-state index in [0.29, 0.717) is 6.04 Å². The normalized spacial score (nSPS) is 24.5. The number of hydrogen-bond acceptors (Lipinski definition) is 3. The molecule has 112 valence electrons. The zero-order valence-corrected chi connectivity index (χ0v) is 13.2. The van der Waals surface area contributed by atoms with Crippen LogP contribution >= 0.6 is 0 Å². The molecular weight excluding hydrogens is 246 g/mol. The van der Waals surface area contributed by atoms with Crippen molar-refractivity contribution in [1.29, 1.82) is 0 Å². The fourth-order valence-corrected chi connectivity index (χ4v) is 3.26. The predicted molar refractivity (Wildman–Crippen MR) is 85.9 cm³/mol. The smallest absolute Gasteiger partial charge is 0.0370 e. The zero-order valence-electron chi connectivity index (χ0n) is 13.2. The predicted octanol–water partition coefficient (Wildman–Crippen LogP) is 1.97. The number of hydrogen-bond donors (Lipinski definition) is 1. The monoisotopic (exact) mass is 275 g/mol. The van der Waals surface area contributed by atoms with Gasteiger partial charge in [0.05, 0.1) is 0 Å². The summed E-state index contributed by atoms with van der Waals surface area (Å²) in [6, 6.07) is 11.4. The van der Waals surface area contributed by atoms with Gasteiger partial charge >= 0.3 is 0 Å². The lowest BCUT2D eigenvalue weighted by Gasteiger charge is -2.49. The summed E-state index contributed by atoms with van der Waals surface area (Å²) in [5, 5.41) is 0. The van der Waals surface area contributed by atoms with Crippen LogP contribution in [0.3, 0.4) is 0 Å². The van der Waals surface area contributed by atoms with Gasteiger partial charge < -0.3 is 10.6 Å². The third-order valence-corrected chi connectivity index (χ3v) is 5.04. The van der Waals surface area contributed by atoms with E-state index in [0.717, 1.165) is 39.0 Å². The second-order valence-corrected chi connectivity index (χ2v) is 6.22. The second kappa shape index (κ2) is 6.70. The maximum atomic E-state index is 6.22. The number of rotatable bonds is 5. The number of nitrogens with zero attached hydrogens (tertiary/aromatic N) is 2. The average Bonchev–Trinajstić information content (AvgIpc) is 2.49. The van der Waals surface area contributed by atoms with Gasteiger partial charge in [0.1, 0.15) is 0 Å². The summed E-state index contributed by atoms with van der Waals surface area (Å²) in [5.74, 6) is 0. The third kappa shape index (κ3) is 3.22. The minimum Gasteiger partial charge on any atom is -0.329 e. The summed E-state index contributed by atoms with van der Waals surface area (Å²) < 4.78 is 0. The van der Waals surface area contributed by atoms with Crippen molar-refractivity contribution in [3.05, 3.63) is 35.9 Å². The molecule has 20 heavy (non-hydrogen) atoms. The van der Waals surface area contributed by atoms with Gasteiger partial charge in [0, 0.05) is 37.8 Å². The molecule has 2 N–H and O–H groups in total. The molecule has 3 heteroatoms. The van der Waals surface area contributed by atoms with E-state index in [9.17, 15) is 0 Å². The van der Waals surface area contributed by atoms with Gasteiger partial charge in [-0.3, -0.25) is 4.90 Å². The molecule has 0 spiro atoms. The third-order valence-electron chi connectivity index (χ3n) is 5.04. The molecule has 1 fully saturated rings. The van der Waals surface area contributed by atoms with Gasteiger partial charge in [-0.2, -0.15) is 0 Å². The minimum atomic E-state index is 0.108. The maximum absolute atomic E-state index is 6.22. The number of piperazine rings is 1. The lowest BCUT2D eigenvalue weighted by Crippen LogP contribution is -2.62. The average molecular weight is 275 g/mol. The molecule has 1 aliphatic rings. The van der Waals surface area contributed by atoms with E-state index in [1.807, 2.05) is 0 Å². The minimum absolute atomic E-state index is 0.108. The van der Waals surface area contributed by atoms with Gasteiger partial charge in [-0.1, -0.05) is 37.3 Å². The molecule has 1 aromatic rings. The highest BCUT2D eigenvalue weighted by molar-refractivity contribution is 5.18. The first-order valence-electron chi connectivity index (χ1n) is 7.80. The Kier molecular flexibility index (Phi) is 5.19. The second-order valence-electron chi connectivity index (χ2n) is 6.22. The van der Waals surface area contributed by atoms with E-state index >= 15 is 0 Å². The molecule has 2 atom stereocenters. The van der Waals surface area contributed by atoms with Gasteiger partial charge in [-0.05, 0) is 32.4 Å². The summed E-state index contributed by atoms with van der Waals surface area (Å²) in [7, 11) is 2.22. The van der Waals surface area contributed by atoms with Crippen LogP contribution in [0.2, 0.25) is 0 Å². The van der Waals surface area contributed by atoms with Crippen molar-refractivity contribution in [2.45, 2.75) is 38.3 Å². The highest BCUT2D eigenvalue weighted by Gasteiger charge is 2.37. The van der Waals surface area contributed by atoms with E-state index in [-0.39, 0.29) is 5.54 Å². The first kappa shape index (κ1) is 15.5. The molecule has 1 heterocycles. The summed E-state index contributed by atoms with van der Waals surface area (Å²) in [6.07, 6.45) is 2.16. The molecule has 0 aliphatic carbocycles. The van der Waals surface area contributed by atoms with Crippen LogP contribution in [0.15, 0.2) is 30.3 Å². The van der Waals surface area contributed by atoms with Gasteiger partial charge in [0.15, 0.2) is 0 Å². The lowest BCUT2D eigenvalue weighted by atomic mass is 9.85. The quantitative estimate of drug-likeness (QED) is 0.892. The van der Waals surface area contributed by atoms with Crippen molar-refractivity contribution >= 4 is 0 Å². The van der Waals surface area contributed by atoms with E-state index in [2.05, 4.69) is 61.0 Å². The molecule has 0 saturated carbocycles. The highest BCUT2D eigenvalue weighted by Crippen LogP contribution is 2.26. The Labute approximate surface area is 123 Å². The molecule has 0 aromatic heterocycles. The van der Waals surface area contributed by atoms with Crippen molar-refractivity contribution in [1.82, 2.24) is 9.80 Å². The Morgan fingerprint density at radius 3 is 2.50 bits per heavy atom. The van der Waals surface area contributed by atoms with Crippen LogP contribution < -0.4 is 5.73 Å². The number of nitrogens with two attached hydrogens (primary N) is 1. The van der Waals surface area contributed by atoms with E-state index < -0.39 is 0 Å². The highest BCUT2D eigenvalue weighted by atomic mass is 15.3. The molecule has 2 rings (SSSR count). The van der Waals surface area contributed by atoms with Crippen LogP contribution in [0, 0.1) is 0 Å².